The molecular weight excluding hydrogens is 296 g/mol. The molecule has 0 aliphatic carbocycles. The number of carbonyl (C=O) groups is 1. The fraction of sp³-hybridized carbons (Fsp3) is 0.273. The van der Waals surface area contributed by atoms with Crippen LogP contribution in [0.3, 0.4) is 0 Å². The molecule has 10 heteroatoms. The average molecular weight is 310 g/mol. The molecule has 2 rings (SSSR count). The maximum atomic E-state index is 11.9. The minimum atomic E-state index is -3.51. The van der Waals surface area contributed by atoms with Crippen molar-refractivity contribution in [2.24, 2.45) is 0 Å². The zero-order valence-corrected chi connectivity index (χ0v) is 12.0. The van der Waals surface area contributed by atoms with E-state index < -0.39 is 10.0 Å². The van der Waals surface area contributed by atoms with E-state index in [2.05, 4.69) is 30.7 Å². The molecule has 0 fully saturated rings. The van der Waals surface area contributed by atoms with Gasteiger partial charge in [-0.05, 0) is 24.3 Å². The Morgan fingerprint density at radius 2 is 2.00 bits per heavy atom. The van der Waals surface area contributed by atoms with E-state index >= 15 is 0 Å². The lowest BCUT2D eigenvalue weighted by Gasteiger charge is -2.06. The summed E-state index contributed by atoms with van der Waals surface area (Å²) in [6.07, 6.45) is 0. The van der Waals surface area contributed by atoms with Crippen LogP contribution in [-0.4, -0.2) is 41.5 Å². The van der Waals surface area contributed by atoms with Crippen LogP contribution in [0, 0.1) is 0 Å². The van der Waals surface area contributed by atoms with Crippen LogP contribution in [-0.2, 0) is 16.6 Å². The second-order valence-electron chi connectivity index (χ2n) is 4.04. The summed E-state index contributed by atoms with van der Waals surface area (Å²) in [6.45, 7) is 2.12. The zero-order chi connectivity index (χ0) is 15.3. The SMILES string of the molecule is CCNS(=O)(=O)c1ccc(C(=O)NCc2nn[nH]n2)cc1. The molecular formula is C11H14N6O3S. The van der Waals surface area contributed by atoms with Gasteiger partial charge in [0.25, 0.3) is 5.91 Å². The molecule has 0 saturated heterocycles. The van der Waals surface area contributed by atoms with Gasteiger partial charge in [0.15, 0.2) is 5.82 Å². The van der Waals surface area contributed by atoms with Crippen LogP contribution in [0.2, 0.25) is 0 Å². The number of nitrogens with one attached hydrogen (secondary N) is 3. The maximum absolute atomic E-state index is 11.9. The van der Waals surface area contributed by atoms with E-state index in [4.69, 9.17) is 0 Å². The Kier molecular flexibility index (Phi) is 4.60. The van der Waals surface area contributed by atoms with Gasteiger partial charge in [0.2, 0.25) is 10.0 Å². The smallest absolute Gasteiger partial charge is 0.251 e. The number of benzene rings is 1. The van der Waals surface area contributed by atoms with Gasteiger partial charge in [-0.15, -0.1) is 10.2 Å². The summed E-state index contributed by atoms with van der Waals surface area (Å²) >= 11 is 0. The normalized spacial score (nSPS) is 11.3. The second kappa shape index (κ2) is 6.41. The van der Waals surface area contributed by atoms with Gasteiger partial charge in [0.1, 0.15) is 0 Å². The molecule has 3 N–H and O–H groups in total. The van der Waals surface area contributed by atoms with Crippen LogP contribution in [0.4, 0.5) is 0 Å². The average Bonchev–Trinajstić information content (AvgIpc) is 2.98. The number of aromatic amines is 1. The van der Waals surface area contributed by atoms with E-state index in [0.717, 1.165) is 0 Å². The Morgan fingerprint density at radius 3 is 2.57 bits per heavy atom. The van der Waals surface area contributed by atoms with Crippen molar-refractivity contribution in [3.63, 3.8) is 0 Å². The summed E-state index contributed by atoms with van der Waals surface area (Å²) in [7, 11) is -3.51. The maximum Gasteiger partial charge on any atom is 0.251 e. The summed E-state index contributed by atoms with van der Waals surface area (Å²) < 4.78 is 25.9. The number of aromatic nitrogens is 4. The van der Waals surface area contributed by atoms with Gasteiger partial charge in [-0.25, -0.2) is 13.1 Å². The minimum Gasteiger partial charge on any atom is -0.345 e. The highest BCUT2D eigenvalue weighted by atomic mass is 32.2. The number of nitrogens with zero attached hydrogens (tertiary/aromatic N) is 3. The van der Waals surface area contributed by atoms with E-state index in [9.17, 15) is 13.2 Å². The highest BCUT2D eigenvalue weighted by Crippen LogP contribution is 2.10. The van der Waals surface area contributed by atoms with Crippen molar-refractivity contribution in [1.82, 2.24) is 30.7 Å². The molecule has 1 aromatic heterocycles. The minimum absolute atomic E-state index is 0.110. The molecule has 0 atom stereocenters. The van der Waals surface area contributed by atoms with Crippen molar-refractivity contribution >= 4 is 15.9 Å². The van der Waals surface area contributed by atoms with Crippen LogP contribution < -0.4 is 10.0 Å². The Morgan fingerprint density at radius 1 is 1.29 bits per heavy atom. The lowest BCUT2D eigenvalue weighted by molar-refractivity contribution is 0.0950. The van der Waals surface area contributed by atoms with Crippen molar-refractivity contribution in [3.05, 3.63) is 35.7 Å². The topological polar surface area (TPSA) is 130 Å². The summed E-state index contributed by atoms with van der Waals surface area (Å²) in [5.41, 5.74) is 0.342. The number of H-pyrrole nitrogens is 1. The first-order valence-corrected chi connectivity index (χ1v) is 7.61. The number of tetrazole rings is 1. The highest BCUT2D eigenvalue weighted by Gasteiger charge is 2.13. The van der Waals surface area contributed by atoms with Gasteiger partial charge in [0, 0.05) is 12.1 Å². The molecule has 0 aliphatic heterocycles. The first-order chi connectivity index (χ1) is 10.0. The molecule has 0 aliphatic rings. The Bertz CT molecular complexity index is 696. The van der Waals surface area contributed by atoms with E-state index in [-0.39, 0.29) is 17.3 Å². The lowest BCUT2D eigenvalue weighted by Crippen LogP contribution is -2.24. The van der Waals surface area contributed by atoms with Crippen molar-refractivity contribution < 1.29 is 13.2 Å². The number of carbonyl (C=O) groups excluding carboxylic acids is 1. The number of hydrogen-bond acceptors (Lipinski definition) is 6. The Balaban J connectivity index is 2.03. The molecule has 0 radical (unpaired) electrons. The third-order valence-electron chi connectivity index (χ3n) is 2.56. The number of rotatable bonds is 6. The van der Waals surface area contributed by atoms with Crippen LogP contribution in [0.5, 0.6) is 0 Å². The molecule has 1 amide bonds. The quantitative estimate of drug-likeness (QED) is 0.655. The number of amides is 1. The van der Waals surface area contributed by atoms with Gasteiger partial charge in [-0.3, -0.25) is 4.79 Å². The third kappa shape index (κ3) is 3.83. The van der Waals surface area contributed by atoms with Crippen LogP contribution >= 0.6 is 0 Å². The van der Waals surface area contributed by atoms with Crippen LogP contribution in [0.25, 0.3) is 0 Å². The Labute approximate surface area is 121 Å². The van der Waals surface area contributed by atoms with Crippen molar-refractivity contribution in [2.45, 2.75) is 18.4 Å². The van der Waals surface area contributed by atoms with Gasteiger partial charge >= 0.3 is 0 Å². The molecule has 1 aromatic carbocycles. The fourth-order valence-electron chi connectivity index (χ4n) is 1.58. The van der Waals surface area contributed by atoms with Gasteiger partial charge < -0.3 is 5.32 Å². The summed E-state index contributed by atoms with van der Waals surface area (Å²) in [5.74, 6) is 0.00175. The fourth-order valence-corrected chi connectivity index (χ4v) is 2.62. The van der Waals surface area contributed by atoms with Gasteiger partial charge in [-0.1, -0.05) is 12.1 Å². The molecule has 0 saturated carbocycles. The predicted octanol–water partition coefficient (Wildman–Crippen LogP) is -0.572. The van der Waals surface area contributed by atoms with Gasteiger partial charge in [0.05, 0.1) is 11.4 Å². The second-order valence-corrected chi connectivity index (χ2v) is 5.80. The first kappa shape index (κ1) is 15.1. The molecule has 0 unspecified atom stereocenters. The first-order valence-electron chi connectivity index (χ1n) is 6.13. The summed E-state index contributed by atoms with van der Waals surface area (Å²) in [4.78, 5) is 12.0. The Hall–Kier alpha value is -2.33. The van der Waals surface area contributed by atoms with Crippen LogP contribution in [0.1, 0.15) is 23.1 Å². The van der Waals surface area contributed by atoms with Crippen LogP contribution in [0.15, 0.2) is 29.2 Å². The van der Waals surface area contributed by atoms with E-state index in [0.29, 0.717) is 17.9 Å². The zero-order valence-electron chi connectivity index (χ0n) is 11.2. The van der Waals surface area contributed by atoms with E-state index in [1.165, 1.54) is 24.3 Å². The predicted molar refractivity (Wildman–Crippen MR) is 72.7 cm³/mol. The molecule has 0 spiro atoms. The van der Waals surface area contributed by atoms with E-state index in [1.54, 1.807) is 6.92 Å². The van der Waals surface area contributed by atoms with E-state index in [1.807, 2.05) is 0 Å². The molecule has 2 aromatic rings. The van der Waals surface area contributed by atoms with Crippen molar-refractivity contribution in [1.29, 1.82) is 0 Å². The summed E-state index contributed by atoms with van der Waals surface area (Å²) in [5, 5.41) is 15.6. The highest BCUT2D eigenvalue weighted by molar-refractivity contribution is 7.89. The molecule has 112 valence electrons. The standard InChI is InChI=1S/C11H14N6O3S/c1-2-13-21(19,20)9-5-3-8(4-6-9)11(18)12-7-10-14-16-17-15-10/h3-6,13H,2,7H2,1H3,(H,12,18)(H,14,15,16,17). The lowest BCUT2D eigenvalue weighted by atomic mass is 10.2. The van der Waals surface area contributed by atoms with Crippen molar-refractivity contribution in [3.8, 4) is 0 Å². The van der Waals surface area contributed by atoms with Gasteiger partial charge in [-0.2, -0.15) is 5.21 Å². The monoisotopic (exact) mass is 310 g/mol. The number of sulfonamides is 1. The van der Waals surface area contributed by atoms with Crippen molar-refractivity contribution in [2.75, 3.05) is 6.54 Å². The largest absolute Gasteiger partial charge is 0.345 e. The number of hydrogen-bond donors (Lipinski definition) is 3. The molecule has 1 heterocycles. The molecule has 9 nitrogen and oxygen atoms in total. The molecule has 21 heavy (non-hydrogen) atoms. The molecule has 0 bridgehead atoms. The third-order valence-corrected chi connectivity index (χ3v) is 4.12. The summed E-state index contributed by atoms with van der Waals surface area (Å²) in [6, 6.07) is 5.63.